The molecule has 0 bridgehead atoms. The summed E-state index contributed by atoms with van der Waals surface area (Å²) >= 11 is 0. The molecule has 0 unspecified atom stereocenters. The lowest BCUT2D eigenvalue weighted by molar-refractivity contribution is 0.0273. The van der Waals surface area contributed by atoms with E-state index in [1.165, 1.54) is 37.7 Å². The van der Waals surface area contributed by atoms with Gasteiger partial charge in [-0.05, 0) is 44.7 Å². The number of ether oxygens (including phenoxy) is 1. The van der Waals surface area contributed by atoms with Crippen LogP contribution in [0.4, 0.5) is 0 Å². The van der Waals surface area contributed by atoms with Gasteiger partial charge in [0.05, 0.1) is 11.7 Å². The minimum absolute atomic E-state index is 0.0140. The van der Waals surface area contributed by atoms with E-state index in [2.05, 4.69) is 28.9 Å². The monoisotopic (exact) mass is 368 g/mol. The van der Waals surface area contributed by atoms with Crippen LogP contribution in [0.15, 0.2) is 36.4 Å². The highest BCUT2D eigenvalue weighted by Crippen LogP contribution is 2.20. The number of hydrogen-bond donors (Lipinski definition) is 1. The quantitative estimate of drug-likeness (QED) is 0.691. The third kappa shape index (κ3) is 5.46. The lowest BCUT2D eigenvalue weighted by atomic mass is 9.98. The molecule has 1 aliphatic rings. The first-order valence-electron chi connectivity index (χ1n) is 10.3. The van der Waals surface area contributed by atoms with Crippen LogP contribution in [-0.4, -0.2) is 29.7 Å². The van der Waals surface area contributed by atoms with Crippen molar-refractivity contribution in [3.63, 3.8) is 0 Å². The topological polar surface area (TPSA) is 43.3 Å². The van der Waals surface area contributed by atoms with Gasteiger partial charge in [-0.15, -0.1) is 0 Å². The van der Waals surface area contributed by atoms with Crippen LogP contribution in [0.25, 0.3) is 0 Å². The molecule has 1 saturated carbocycles. The van der Waals surface area contributed by atoms with Gasteiger partial charge in [0.1, 0.15) is 0 Å². The van der Waals surface area contributed by atoms with Crippen molar-refractivity contribution in [2.24, 2.45) is 0 Å². The number of nitrogens with one attached hydrogen (secondary N) is 1. The molecule has 3 rings (SSSR count). The molecule has 1 aliphatic carbocycles. The zero-order chi connectivity index (χ0) is 19.1. The SMILES string of the molecule is Cc1cc(C(=O)NCCCOC2CCCCC2)c(C)n1Cc1ccccc1. The van der Waals surface area contributed by atoms with Gasteiger partial charge < -0.3 is 14.6 Å². The molecule has 1 aromatic heterocycles. The van der Waals surface area contributed by atoms with E-state index in [0.29, 0.717) is 12.6 Å². The Kier molecular flexibility index (Phi) is 7.11. The van der Waals surface area contributed by atoms with Crippen molar-refractivity contribution in [2.75, 3.05) is 13.2 Å². The van der Waals surface area contributed by atoms with Crippen LogP contribution in [0.5, 0.6) is 0 Å². The Hall–Kier alpha value is -2.07. The molecule has 0 aliphatic heterocycles. The first-order valence-corrected chi connectivity index (χ1v) is 10.3. The molecular weight excluding hydrogens is 336 g/mol. The molecule has 4 nitrogen and oxygen atoms in total. The molecule has 4 heteroatoms. The van der Waals surface area contributed by atoms with Crippen LogP contribution in [0.3, 0.4) is 0 Å². The highest BCUT2D eigenvalue weighted by atomic mass is 16.5. The molecule has 1 amide bonds. The molecule has 0 atom stereocenters. The van der Waals surface area contributed by atoms with Gasteiger partial charge in [0.25, 0.3) is 5.91 Å². The Bertz CT molecular complexity index is 730. The van der Waals surface area contributed by atoms with Crippen LogP contribution in [0.1, 0.15) is 65.8 Å². The highest BCUT2D eigenvalue weighted by Gasteiger charge is 2.16. The molecule has 1 N–H and O–H groups in total. The Morgan fingerprint density at radius 2 is 1.89 bits per heavy atom. The molecule has 0 radical (unpaired) electrons. The molecule has 1 fully saturated rings. The van der Waals surface area contributed by atoms with E-state index >= 15 is 0 Å². The largest absolute Gasteiger partial charge is 0.378 e. The zero-order valence-electron chi connectivity index (χ0n) is 16.7. The summed E-state index contributed by atoms with van der Waals surface area (Å²) in [5.74, 6) is 0.0140. The summed E-state index contributed by atoms with van der Waals surface area (Å²) in [5.41, 5.74) is 4.15. The lowest BCUT2D eigenvalue weighted by Gasteiger charge is -2.21. The van der Waals surface area contributed by atoms with Gasteiger partial charge in [0.2, 0.25) is 0 Å². The van der Waals surface area contributed by atoms with Crippen molar-refractivity contribution in [3.05, 3.63) is 58.9 Å². The van der Waals surface area contributed by atoms with Crippen molar-refractivity contribution in [1.82, 2.24) is 9.88 Å². The number of hydrogen-bond acceptors (Lipinski definition) is 2. The predicted octanol–water partition coefficient (Wildman–Crippen LogP) is 4.62. The number of nitrogens with zero attached hydrogens (tertiary/aromatic N) is 1. The number of aryl methyl sites for hydroxylation is 1. The smallest absolute Gasteiger partial charge is 0.253 e. The zero-order valence-corrected chi connectivity index (χ0v) is 16.7. The summed E-state index contributed by atoms with van der Waals surface area (Å²) in [6.07, 6.45) is 7.62. The van der Waals surface area contributed by atoms with Gasteiger partial charge in [0.15, 0.2) is 0 Å². The molecule has 27 heavy (non-hydrogen) atoms. The second kappa shape index (κ2) is 9.75. The van der Waals surface area contributed by atoms with Gasteiger partial charge in [-0.1, -0.05) is 49.6 Å². The van der Waals surface area contributed by atoms with Crippen LogP contribution >= 0.6 is 0 Å². The third-order valence-corrected chi connectivity index (χ3v) is 5.51. The first kappa shape index (κ1) is 19.7. The Morgan fingerprint density at radius 1 is 1.15 bits per heavy atom. The van der Waals surface area contributed by atoms with Gasteiger partial charge in [-0.3, -0.25) is 4.79 Å². The maximum Gasteiger partial charge on any atom is 0.253 e. The van der Waals surface area contributed by atoms with Gasteiger partial charge in [-0.25, -0.2) is 0 Å². The molecule has 2 aromatic rings. The average molecular weight is 369 g/mol. The molecule has 1 heterocycles. The highest BCUT2D eigenvalue weighted by molar-refractivity contribution is 5.95. The summed E-state index contributed by atoms with van der Waals surface area (Å²) in [6, 6.07) is 12.3. The number of benzene rings is 1. The van der Waals surface area contributed by atoms with Crippen molar-refractivity contribution < 1.29 is 9.53 Å². The number of aromatic nitrogens is 1. The fraction of sp³-hybridized carbons (Fsp3) is 0.522. The molecule has 0 spiro atoms. The standard InChI is InChI=1S/C23H32N2O2/c1-18-16-22(19(2)25(18)17-20-10-5-3-6-11-20)23(26)24-14-9-15-27-21-12-7-4-8-13-21/h3,5-6,10-11,16,21H,4,7-9,12-15,17H2,1-2H3,(H,24,26). The molecule has 146 valence electrons. The summed E-state index contributed by atoms with van der Waals surface area (Å²) in [5, 5.41) is 3.05. The van der Waals surface area contributed by atoms with Crippen molar-refractivity contribution >= 4 is 5.91 Å². The summed E-state index contributed by atoms with van der Waals surface area (Å²) in [6.45, 7) is 6.27. The van der Waals surface area contributed by atoms with Crippen LogP contribution in [0, 0.1) is 13.8 Å². The van der Waals surface area contributed by atoms with Crippen molar-refractivity contribution in [3.8, 4) is 0 Å². The van der Waals surface area contributed by atoms with E-state index in [-0.39, 0.29) is 5.91 Å². The van der Waals surface area contributed by atoms with E-state index in [1.54, 1.807) is 0 Å². The number of rotatable bonds is 8. The van der Waals surface area contributed by atoms with E-state index in [4.69, 9.17) is 4.74 Å². The maximum absolute atomic E-state index is 12.6. The lowest BCUT2D eigenvalue weighted by Crippen LogP contribution is -2.26. The normalized spacial score (nSPS) is 15.0. The number of carbonyl (C=O) groups excluding carboxylic acids is 1. The van der Waals surface area contributed by atoms with Gasteiger partial charge in [-0.2, -0.15) is 0 Å². The van der Waals surface area contributed by atoms with Crippen LogP contribution in [0.2, 0.25) is 0 Å². The van der Waals surface area contributed by atoms with E-state index in [1.807, 2.05) is 31.2 Å². The fourth-order valence-electron chi connectivity index (χ4n) is 3.89. The maximum atomic E-state index is 12.6. The average Bonchev–Trinajstić information content (AvgIpc) is 2.97. The Labute approximate surface area is 162 Å². The number of carbonyl (C=O) groups is 1. The van der Waals surface area contributed by atoms with E-state index in [9.17, 15) is 4.79 Å². The second-order valence-electron chi connectivity index (χ2n) is 7.60. The van der Waals surface area contributed by atoms with Crippen molar-refractivity contribution in [1.29, 1.82) is 0 Å². The van der Waals surface area contributed by atoms with E-state index in [0.717, 1.165) is 36.5 Å². The van der Waals surface area contributed by atoms with Gasteiger partial charge >= 0.3 is 0 Å². The third-order valence-electron chi connectivity index (χ3n) is 5.51. The van der Waals surface area contributed by atoms with Crippen molar-refractivity contribution in [2.45, 2.75) is 65.0 Å². The van der Waals surface area contributed by atoms with E-state index < -0.39 is 0 Å². The van der Waals surface area contributed by atoms with Crippen LogP contribution < -0.4 is 5.32 Å². The summed E-state index contributed by atoms with van der Waals surface area (Å²) in [7, 11) is 0. The molecule has 0 saturated heterocycles. The fourth-order valence-corrected chi connectivity index (χ4v) is 3.89. The van der Waals surface area contributed by atoms with Gasteiger partial charge in [0, 0.05) is 31.1 Å². The molecule has 1 aromatic carbocycles. The van der Waals surface area contributed by atoms with Crippen LogP contribution in [-0.2, 0) is 11.3 Å². The Morgan fingerprint density at radius 3 is 2.63 bits per heavy atom. The molecular formula is C23H32N2O2. The second-order valence-corrected chi connectivity index (χ2v) is 7.60. The number of amides is 1. The summed E-state index contributed by atoms with van der Waals surface area (Å²) < 4.78 is 8.13. The predicted molar refractivity (Wildman–Crippen MR) is 109 cm³/mol. The minimum Gasteiger partial charge on any atom is -0.378 e. The Balaban J connectivity index is 1.47. The minimum atomic E-state index is 0.0140. The first-order chi connectivity index (χ1) is 13.1. The summed E-state index contributed by atoms with van der Waals surface area (Å²) in [4.78, 5) is 12.6.